The highest BCUT2D eigenvalue weighted by Gasteiger charge is 2.14. The Balaban J connectivity index is 1.86. The molecule has 0 unspecified atom stereocenters. The zero-order chi connectivity index (χ0) is 18.3. The van der Waals surface area contributed by atoms with Crippen molar-refractivity contribution in [3.05, 3.63) is 74.6 Å². The van der Waals surface area contributed by atoms with Crippen molar-refractivity contribution >= 4 is 44.0 Å². The highest BCUT2D eigenvalue weighted by Crippen LogP contribution is 2.27. The monoisotopic (exact) mass is 357 g/mol. The van der Waals surface area contributed by atoms with Crippen molar-refractivity contribution < 1.29 is 0 Å². The summed E-state index contributed by atoms with van der Waals surface area (Å²) in [4.78, 5) is 21.5. The lowest BCUT2D eigenvalue weighted by Gasteiger charge is -2.02. The first kappa shape index (κ1) is 16.2. The van der Waals surface area contributed by atoms with E-state index in [1.807, 2.05) is 56.3 Å². The lowest BCUT2D eigenvalue weighted by atomic mass is 10.1. The van der Waals surface area contributed by atoms with Gasteiger partial charge in [-0.25, -0.2) is 4.98 Å². The Hall–Kier alpha value is -3.23. The quantitative estimate of drug-likeness (QED) is 0.523. The van der Waals surface area contributed by atoms with E-state index in [1.165, 1.54) is 11.3 Å². The number of H-pyrrole nitrogens is 1. The SMILES string of the molecule is Cc1sc2nc(/C(C#N)=C/c3ccc4ccccc4c3)[nH]c(=O)c2c1C. The van der Waals surface area contributed by atoms with Crippen molar-refractivity contribution in [2.24, 2.45) is 0 Å². The predicted molar refractivity (Wildman–Crippen MR) is 107 cm³/mol. The first-order valence-corrected chi connectivity index (χ1v) is 8.99. The van der Waals surface area contributed by atoms with Gasteiger partial charge in [0.1, 0.15) is 10.9 Å². The molecule has 2 heterocycles. The molecule has 2 aromatic heterocycles. The van der Waals surface area contributed by atoms with E-state index in [1.54, 1.807) is 6.08 Å². The van der Waals surface area contributed by atoms with Crippen LogP contribution < -0.4 is 5.56 Å². The van der Waals surface area contributed by atoms with Gasteiger partial charge < -0.3 is 4.98 Å². The first-order chi connectivity index (χ1) is 12.6. The van der Waals surface area contributed by atoms with Crippen molar-refractivity contribution in [1.82, 2.24) is 9.97 Å². The molecule has 0 atom stereocenters. The summed E-state index contributed by atoms with van der Waals surface area (Å²) >= 11 is 1.48. The van der Waals surface area contributed by atoms with Crippen LogP contribution in [0.5, 0.6) is 0 Å². The van der Waals surface area contributed by atoms with Crippen molar-refractivity contribution in [2.75, 3.05) is 0 Å². The van der Waals surface area contributed by atoms with Gasteiger partial charge in [0.15, 0.2) is 5.82 Å². The number of aromatic amines is 1. The van der Waals surface area contributed by atoms with Gasteiger partial charge in [0.2, 0.25) is 0 Å². The summed E-state index contributed by atoms with van der Waals surface area (Å²) in [5, 5.41) is 12.4. The third-order valence-electron chi connectivity index (χ3n) is 4.50. The van der Waals surface area contributed by atoms with E-state index in [4.69, 9.17) is 0 Å². The minimum Gasteiger partial charge on any atom is -0.305 e. The number of nitrogens with one attached hydrogen (secondary N) is 1. The molecule has 4 aromatic rings. The lowest BCUT2D eigenvalue weighted by molar-refractivity contribution is 1.13. The van der Waals surface area contributed by atoms with E-state index >= 15 is 0 Å². The number of nitriles is 1. The maximum Gasteiger partial charge on any atom is 0.260 e. The number of benzene rings is 2. The minimum atomic E-state index is -0.202. The summed E-state index contributed by atoms with van der Waals surface area (Å²) in [6, 6.07) is 16.2. The number of aryl methyl sites for hydroxylation is 2. The van der Waals surface area contributed by atoms with Gasteiger partial charge in [-0.15, -0.1) is 11.3 Å². The van der Waals surface area contributed by atoms with Gasteiger partial charge >= 0.3 is 0 Å². The molecule has 0 fully saturated rings. The van der Waals surface area contributed by atoms with Crippen molar-refractivity contribution in [3.63, 3.8) is 0 Å². The number of rotatable bonds is 2. The fourth-order valence-electron chi connectivity index (χ4n) is 3.00. The Morgan fingerprint density at radius 3 is 2.73 bits per heavy atom. The van der Waals surface area contributed by atoms with E-state index in [0.717, 1.165) is 26.8 Å². The second-order valence-corrected chi connectivity index (χ2v) is 7.36. The van der Waals surface area contributed by atoms with E-state index in [-0.39, 0.29) is 5.56 Å². The summed E-state index contributed by atoms with van der Waals surface area (Å²) in [6.45, 7) is 3.89. The summed E-state index contributed by atoms with van der Waals surface area (Å²) < 4.78 is 0. The van der Waals surface area contributed by atoms with Crippen LogP contribution in [0.25, 0.3) is 32.6 Å². The molecule has 0 aliphatic rings. The predicted octanol–water partition coefficient (Wildman–Crippen LogP) is 4.82. The smallest absolute Gasteiger partial charge is 0.260 e. The largest absolute Gasteiger partial charge is 0.305 e. The molecular weight excluding hydrogens is 342 g/mol. The van der Waals surface area contributed by atoms with Gasteiger partial charge in [-0.1, -0.05) is 36.4 Å². The summed E-state index contributed by atoms with van der Waals surface area (Å²) in [7, 11) is 0. The van der Waals surface area contributed by atoms with Crippen LogP contribution in [-0.4, -0.2) is 9.97 Å². The second-order valence-electron chi connectivity index (χ2n) is 6.15. The van der Waals surface area contributed by atoms with Gasteiger partial charge in [-0.3, -0.25) is 4.79 Å². The van der Waals surface area contributed by atoms with Crippen LogP contribution >= 0.6 is 11.3 Å². The molecule has 126 valence electrons. The highest BCUT2D eigenvalue weighted by molar-refractivity contribution is 7.18. The number of hydrogen-bond donors (Lipinski definition) is 1. The molecule has 0 saturated carbocycles. The van der Waals surface area contributed by atoms with Crippen LogP contribution in [0.2, 0.25) is 0 Å². The summed E-state index contributed by atoms with van der Waals surface area (Å²) in [6.07, 6.45) is 1.75. The molecule has 0 aliphatic carbocycles. The van der Waals surface area contributed by atoms with Gasteiger partial charge in [0.05, 0.1) is 11.0 Å². The Morgan fingerprint density at radius 1 is 1.19 bits per heavy atom. The number of fused-ring (bicyclic) bond motifs is 2. The maximum absolute atomic E-state index is 12.5. The Kier molecular flexibility index (Phi) is 3.90. The Labute approximate surface area is 154 Å². The van der Waals surface area contributed by atoms with E-state index in [9.17, 15) is 10.1 Å². The van der Waals surface area contributed by atoms with E-state index in [2.05, 4.69) is 16.0 Å². The third kappa shape index (κ3) is 2.71. The maximum atomic E-state index is 12.5. The lowest BCUT2D eigenvalue weighted by Crippen LogP contribution is -2.10. The van der Waals surface area contributed by atoms with Crippen LogP contribution in [0.1, 0.15) is 21.8 Å². The Morgan fingerprint density at radius 2 is 1.96 bits per heavy atom. The number of nitrogens with zero attached hydrogens (tertiary/aromatic N) is 2. The van der Waals surface area contributed by atoms with Crippen LogP contribution in [0, 0.1) is 25.2 Å². The fourth-order valence-corrected chi connectivity index (χ4v) is 4.03. The average molecular weight is 357 g/mol. The molecule has 0 bridgehead atoms. The molecule has 4 rings (SSSR count). The molecule has 0 saturated heterocycles. The normalized spacial score (nSPS) is 11.8. The molecule has 4 nitrogen and oxygen atoms in total. The van der Waals surface area contributed by atoms with Crippen LogP contribution in [0.4, 0.5) is 0 Å². The fraction of sp³-hybridized carbons (Fsp3) is 0.0952. The standard InChI is InChI=1S/C21H15N3OS/c1-12-13(2)26-21-18(12)20(25)23-19(24-21)17(11-22)10-14-7-8-15-5-3-4-6-16(15)9-14/h3-10H,1-2H3,(H,23,24,25)/b17-10+. The average Bonchev–Trinajstić information content (AvgIpc) is 2.94. The first-order valence-electron chi connectivity index (χ1n) is 8.18. The molecular formula is C21H15N3OS. The number of aromatic nitrogens is 2. The van der Waals surface area contributed by atoms with Crippen LogP contribution in [0.15, 0.2) is 47.3 Å². The van der Waals surface area contributed by atoms with Gasteiger partial charge in [0.25, 0.3) is 5.56 Å². The second kappa shape index (κ2) is 6.25. The topological polar surface area (TPSA) is 69.5 Å². The van der Waals surface area contributed by atoms with Crippen LogP contribution in [0.3, 0.4) is 0 Å². The number of allylic oxidation sites excluding steroid dienone is 1. The molecule has 2 aromatic carbocycles. The molecule has 1 N–H and O–H groups in total. The number of hydrogen-bond acceptors (Lipinski definition) is 4. The number of thiophene rings is 1. The molecule has 26 heavy (non-hydrogen) atoms. The van der Waals surface area contributed by atoms with Gasteiger partial charge in [-0.2, -0.15) is 5.26 Å². The van der Waals surface area contributed by atoms with Gasteiger partial charge in [0, 0.05) is 4.88 Å². The summed E-state index contributed by atoms with van der Waals surface area (Å²) in [5.41, 5.74) is 1.97. The van der Waals surface area contributed by atoms with Crippen molar-refractivity contribution in [1.29, 1.82) is 5.26 Å². The van der Waals surface area contributed by atoms with Gasteiger partial charge in [-0.05, 0) is 47.9 Å². The van der Waals surface area contributed by atoms with Crippen LogP contribution in [-0.2, 0) is 0 Å². The molecule has 0 amide bonds. The highest BCUT2D eigenvalue weighted by atomic mass is 32.1. The zero-order valence-corrected chi connectivity index (χ0v) is 15.1. The molecule has 0 radical (unpaired) electrons. The van der Waals surface area contributed by atoms with Crippen molar-refractivity contribution in [3.8, 4) is 6.07 Å². The minimum absolute atomic E-state index is 0.202. The molecule has 5 heteroatoms. The van der Waals surface area contributed by atoms with Crippen molar-refractivity contribution in [2.45, 2.75) is 13.8 Å². The molecule has 0 aliphatic heterocycles. The zero-order valence-electron chi connectivity index (χ0n) is 14.3. The van der Waals surface area contributed by atoms with E-state index in [0.29, 0.717) is 21.6 Å². The summed E-state index contributed by atoms with van der Waals surface area (Å²) in [5.74, 6) is 0.305. The Bertz CT molecular complexity index is 1290. The molecule has 0 spiro atoms. The third-order valence-corrected chi connectivity index (χ3v) is 5.60. The van der Waals surface area contributed by atoms with E-state index < -0.39 is 0 Å².